The van der Waals surface area contributed by atoms with Crippen LogP contribution in [0.5, 0.6) is 0 Å². The fourth-order valence-corrected chi connectivity index (χ4v) is 2.26. The van der Waals surface area contributed by atoms with Crippen molar-refractivity contribution in [3.8, 4) is 6.07 Å². The lowest BCUT2D eigenvalue weighted by atomic mass is 10.2. The van der Waals surface area contributed by atoms with Crippen LogP contribution in [0.2, 0.25) is 5.02 Å². The molecule has 0 bridgehead atoms. The van der Waals surface area contributed by atoms with Crippen LogP contribution in [0.25, 0.3) is 0 Å². The van der Waals surface area contributed by atoms with Crippen molar-refractivity contribution in [2.45, 2.75) is 6.18 Å². The van der Waals surface area contributed by atoms with Crippen molar-refractivity contribution in [2.24, 2.45) is 0 Å². The number of nitrogens with zero attached hydrogens (tertiary/aromatic N) is 1. The quantitative estimate of drug-likeness (QED) is 0.498. The summed E-state index contributed by atoms with van der Waals surface area (Å²) in [6.07, 6.45) is -3.65. The van der Waals surface area contributed by atoms with E-state index in [4.69, 9.17) is 22.0 Å². The Hall–Kier alpha value is -3.51. The van der Waals surface area contributed by atoms with Gasteiger partial charge in [-0.1, -0.05) is 11.6 Å². The van der Waals surface area contributed by atoms with E-state index < -0.39 is 34.2 Å². The van der Waals surface area contributed by atoms with Crippen molar-refractivity contribution in [3.63, 3.8) is 0 Å². The Morgan fingerprint density at radius 3 is 2.25 bits per heavy atom. The number of hydrogen-bond acceptors (Lipinski definition) is 4. The van der Waals surface area contributed by atoms with E-state index in [0.717, 1.165) is 12.3 Å². The standard InChI is InChI=1S/C18H11ClF3N3O3/c19-15-6-5-13(7-14(15)18(20,21)22)25-16(26)11(8-23)9-24-12-3-1-10(2-4-12)17(27)28/h1-7,9,24H,(H,25,26)(H,27,28)/b11-9-. The second-order valence-corrected chi connectivity index (χ2v) is 5.75. The zero-order chi connectivity index (χ0) is 20.9. The van der Waals surface area contributed by atoms with Crippen molar-refractivity contribution >= 4 is 34.9 Å². The Balaban J connectivity index is 2.14. The summed E-state index contributed by atoms with van der Waals surface area (Å²) in [4.78, 5) is 22.9. The molecule has 0 spiro atoms. The average molecular weight is 410 g/mol. The molecule has 28 heavy (non-hydrogen) atoms. The predicted molar refractivity (Wildman–Crippen MR) is 95.8 cm³/mol. The van der Waals surface area contributed by atoms with Crippen LogP contribution in [0.1, 0.15) is 15.9 Å². The number of benzene rings is 2. The van der Waals surface area contributed by atoms with Gasteiger partial charge in [0.15, 0.2) is 0 Å². The molecule has 3 N–H and O–H groups in total. The van der Waals surface area contributed by atoms with Crippen LogP contribution < -0.4 is 10.6 Å². The summed E-state index contributed by atoms with van der Waals surface area (Å²) in [5.41, 5.74) is -1.27. The highest BCUT2D eigenvalue weighted by Gasteiger charge is 2.33. The molecule has 1 amide bonds. The van der Waals surface area contributed by atoms with Crippen molar-refractivity contribution in [1.29, 1.82) is 5.26 Å². The number of carbonyl (C=O) groups excluding carboxylic acids is 1. The minimum atomic E-state index is -4.70. The summed E-state index contributed by atoms with van der Waals surface area (Å²) in [6, 6.07) is 9.91. The summed E-state index contributed by atoms with van der Waals surface area (Å²) in [6.45, 7) is 0. The number of aromatic carboxylic acids is 1. The Bertz CT molecular complexity index is 980. The lowest BCUT2D eigenvalue weighted by Crippen LogP contribution is -2.15. The van der Waals surface area contributed by atoms with Gasteiger partial charge in [0, 0.05) is 17.6 Å². The average Bonchev–Trinajstić information content (AvgIpc) is 2.63. The normalized spacial score (nSPS) is 11.5. The SMILES string of the molecule is N#C/C(=C/Nc1ccc(C(=O)O)cc1)C(=O)Nc1ccc(Cl)c(C(F)(F)F)c1. The molecule has 0 aliphatic rings. The van der Waals surface area contributed by atoms with Gasteiger partial charge in [0.05, 0.1) is 16.1 Å². The monoisotopic (exact) mass is 409 g/mol. The molecule has 6 nitrogen and oxygen atoms in total. The van der Waals surface area contributed by atoms with Gasteiger partial charge in [0.1, 0.15) is 11.6 Å². The van der Waals surface area contributed by atoms with Crippen molar-refractivity contribution in [1.82, 2.24) is 0 Å². The fraction of sp³-hybridized carbons (Fsp3) is 0.0556. The number of alkyl halides is 3. The van der Waals surface area contributed by atoms with Gasteiger partial charge in [-0.05, 0) is 42.5 Å². The molecular weight excluding hydrogens is 399 g/mol. The van der Waals surface area contributed by atoms with Crippen LogP contribution in [0.3, 0.4) is 0 Å². The predicted octanol–water partition coefficient (Wildman–Crippen LogP) is 4.52. The highest BCUT2D eigenvalue weighted by atomic mass is 35.5. The first-order chi connectivity index (χ1) is 13.1. The number of carboxylic acids is 1. The van der Waals surface area contributed by atoms with Gasteiger partial charge >= 0.3 is 12.1 Å². The maximum Gasteiger partial charge on any atom is 0.417 e. The third-order valence-electron chi connectivity index (χ3n) is 3.41. The number of halogens is 4. The van der Waals surface area contributed by atoms with Crippen molar-refractivity contribution in [3.05, 3.63) is 70.4 Å². The number of nitrogens with one attached hydrogen (secondary N) is 2. The van der Waals surface area contributed by atoms with Crippen LogP contribution >= 0.6 is 11.6 Å². The van der Waals surface area contributed by atoms with Crippen LogP contribution in [0.4, 0.5) is 24.5 Å². The maximum absolute atomic E-state index is 12.9. The number of carbonyl (C=O) groups is 2. The van der Waals surface area contributed by atoms with E-state index in [1.807, 2.05) is 0 Å². The Labute approximate surface area is 161 Å². The first-order valence-electron chi connectivity index (χ1n) is 7.50. The lowest BCUT2D eigenvalue weighted by Gasteiger charge is -2.11. The molecule has 0 aliphatic heterocycles. The van der Waals surface area contributed by atoms with E-state index in [0.29, 0.717) is 11.8 Å². The molecule has 10 heteroatoms. The Morgan fingerprint density at radius 1 is 1.11 bits per heavy atom. The minimum Gasteiger partial charge on any atom is -0.478 e. The molecule has 2 aromatic rings. The van der Waals surface area contributed by atoms with Gasteiger partial charge in [0.25, 0.3) is 5.91 Å². The largest absolute Gasteiger partial charge is 0.478 e. The number of hydrogen-bond donors (Lipinski definition) is 3. The van der Waals surface area contributed by atoms with Gasteiger partial charge < -0.3 is 15.7 Å². The topological polar surface area (TPSA) is 102 Å². The van der Waals surface area contributed by atoms with Crippen LogP contribution in [0.15, 0.2) is 54.2 Å². The number of rotatable bonds is 5. The van der Waals surface area contributed by atoms with Gasteiger partial charge in [-0.25, -0.2) is 4.79 Å². The highest BCUT2D eigenvalue weighted by molar-refractivity contribution is 6.31. The second kappa shape index (κ2) is 8.45. The van der Waals surface area contributed by atoms with Gasteiger partial charge in [-0.3, -0.25) is 4.79 Å². The second-order valence-electron chi connectivity index (χ2n) is 5.34. The zero-order valence-corrected chi connectivity index (χ0v) is 14.6. The summed E-state index contributed by atoms with van der Waals surface area (Å²) < 4.78 is 38.6. The van der Waals surface area contributed by atoms with Gasteiger partial charge in [-0.15, -0.1) is 0 Å². The molecule has 0 fully saturated rings. The fourth-order valence-electron chi connectivity index (χ4n) is 2.03. The van der Waals surface area contributed by atoms with E-state index in [1.54, 1.807) is 6.07 Å². The Kier molecular flexibility index (Phi) is 6.28. The van der Waals surface area contributed by atoms with Crippen LogP contribution in [-0.2, 0) is 11.0 Å². The van der Waals surface area contributed by atoms with Gasteiger partial charge in [0.2, 0.25) is 0 Å². The van der Waals surface area contributed by atoms with Crippen LogP contribution in [-0.4, -0.2) is 17.0 Å². The zero-order valence-electron chi connectivity index (χ0n) is 13.8. The molecule has 0 aromatic heterocycles. The van der Waals surface area contributed by atoms with E-state index in [-0.39, 0.29) is 11.3 Å². The number of nitriles is 1. The molecule has 0 saturated carbocycles. The summed E-state index contributed by atoms with van der Waals surface area (Å²) in [7, 11) is 0. The smallest absolute Gasteiger partial charge is 0.417 e. The molecule has 0 atom stereocenters. The van der Waals surface area contributed by atoms with Crippen LogP contribution in [0, 0.1) is 11.3 Å². The summed E-state index contributed by atoms with van der Waals surface area (Å²) >= 11 is 5.51. The first-order valence-corrected chi connectivity index (χ1v) is 7.88. The molecule has 0 saturated heterocycles. The minimum absolute atomic E-state index is 0.0518. The third kappa shape index (κ3) is 5.25. The molecule has 144 valence electrons. The maximum atomic E-state index is 12.9. The number of carboxylic acid groups (broad SMARTS) is 1. The number of amides is 1. The number of anilines is 2. The third-order valence-corrected chi connectivity index (χ3v) is 3.74. The molecule has 2 aromatic carbocycles. The van der Waals surface area contributed by atoms with E-state index in [1.165, 1.54) is 30.3 Å². The molecule has 0 aliphatic carbocycles. The van der Waals surface area contributed by atoms with Gasteiger partial charge in [-0.2, -0.15) is 18.4 Å². The molecule has 0 unspecified atom stereocenters. The molecular formula is C18H11ClF3N3O3. The summed E-state index contributed by atoms with van der Waals surface area (Å²) in [5, 5.41) is 22.2. The lowest BCUT2D eigenvalue weighted by molar-refractivity contribution is -0.137. The highest BCUT2D eigenvalue weighted by Crippen LogP contribution is 2.36. The van der Waals surface area contributed by atoms with E-state index in [2.05, 4.69) is 10.6 Å². The summed E-state index contributed by atoms with van der Waals surface area (Å²) in [5.74, 6) is -2.05. The first kappa shape index (κ1) is 20.8. The van der Waals surface area contributed by atoms with Crippen molar-refractivity contribution < 1.29 is 27.9 Å². The van der Waals surface area contributed by atoms with E-state index >= 15 is 0 Å². The molecule has 0 radical (unpaired) electrons. The molecule has 0 heterocycles. The molecule has 2 rings (SSSR count). The Morgan fingerprint density at radius 2 is 1.71 bits per heavy atom. The van der Waals surface area contributed by atoms with Crippen molar-refractivity contribution in [2.75, 3.05) is 10.6 Å². The van der Waals surface area contributed by atoms with E-state index in [9.17, 15) is 22.8 Å².